The van der Waals surface area contributed by atoms with Crippen molar-refractivity contribution in [1.29, 1.82) is 0 Å². The standard InChI is InChI=1S/C62H41NO/c1-61(2)49-27-12-8-22-42(49)45-35-34-40(37-54(45)61)63(56-33-16-26-47-57-41-21-7-6-20-39(41)36-48(60(57)64-59(47)56)38-18-4-3-5-19-38)55-32-17-31-53-58(55)46-25-11-15-30-52(46)62(53)50-28-13-9-23-43(50)44-24-10-14-29-51(44)62/h3-37H,1-2H3. The molecule has 2 nitrogen and oxygen atoms in total. The molecule has 11 aromatic rings. The van der Waals surface area contributed by atoms with Crippen LogP contribution in [0.1, 0.15) is 47.2 Å². The molecule has 0 saturated carbocycles. The molecule has 3 aliphatic carbocycles. The SMILES string of the molecule is CC1(C)c2ccccc2-c2ccc(N(c3cccc4c3-c3ccccc3C43c4ccccc4-c4ccccc43)c3cccc4c3oc3c(-c5ccccc5)cc5ccccc5c34)cc21. The van der Waals surface area contributed by atoms with Crippen molar-refractivity contribution in [3.63, 3.8) is 0 Å². The number of hydrogen-bond acceptors (Lipinski definition) is 2. The normalized spacial score (nSPS) is 14.3. The van der Waals surface area contributed by atoms with Crippen molar-refractivity contribution < 1.29 is 4.42 Å². The summed E-state index contributed by atoms with van der Waals surface area (Å²) in [5, 5.41) is 4.62. The van der Waals surface area contributed by atoms with Gasteiger partial charge in [0.2, 0.25) is 0 Å². The molecule has 0 bridgehead atoms. The molecule has 2 heteroatoms. The maximum Gasteiger partial charge on any atom is 0.159 e. The number of rotatable bonds is 4. The Morgan fingerprint density at radius 1 is 0.375 bits per heavy atom. The zero-order valence-corrected chi connectivity index (χ0v) is 35.6. The van der Waals surface area contributed by atoms with E-state index >= 15 is 0 Å². The third-order valence-electron chi connectivity index (χ3n) is 14.9. The molecule has 1 spiro atoms. The molecule has 14 rings (SSSR count). The summed E-state index contributed by atoms with van der Waals surface area (Å²) in [6, 6.07) is 78.8. The molecule has 1 heterocycles. The van der Waals surface area contributed by atoms with Gasteiger partial charge in [-0.25, -0.2) is 0 Å². The predicted octanol–water partition coefficient (Wildman–Crippen LogP) is 16.5. The Kier molecular flexibility index (Phi) is 7.13. The molecule has 300 valence electrons. The van der Waals surface area contributed by atoms with Crippen molar-refractivity contribution in [3.05, 3.63) is 246 Å². The molecule has 64 heavy (non-hydrogen) atoms. The van der Waals surface area contributed by atoms with Gasteiger partial charge in [0.05, 0.1) is 16.8 Å². The van der Waals surface area contributed by atoms with Gasteiger partial charge in [0.1, 0.15) is 5.58 Å². The molecular weight excluding hydrogens is 775 g/mol. The minimum absolute atomic E-state index is 0.185. The number of para-hydroxylation sites is 1. The van der Waals surface area contributed by atoms with Gasteiger partial charge in [-0.2, -0.15) is 0 Å². The van der Waals surface area contributed by atoms with Gasteiger partial charge >= 0.3 is 0 Å². The fraction of sp³-hybridized carbons (Fsp3) is 0.0645. The van der Waals surface area contributed by atoms with E-state index in [2.05, 4.69) is 231 Å². The molecule has 0 aliphatic heterocycles. The Bertz CT molecular complexity index is 3730. The lowest BCUT2D eigenvalue weighted by Gasteiger charge is -2.32. The fourth-order valence-corrected chi connectivity index (χ4v) is 12.2. The maximum atomic E-state index is 7.42. The van der Waals surface area contributed by atoms with Crippen molar-refractivity contribution in [1.82, 2.24) is 0 Å². The Morgan fingerprint density at radius 3 is 1.67 bits per heavy atom. The number of hydrogen-bond donors (Lipinski definition) is 0. The topological polar surface area (TPSA) is 16.4 Å². The van der Waals surface area contributed by atoms with Crippen LogP contribution in [0.15, 0.2) is 217 Å². The van der Waals surface area contributed by atoms with E-state index in [9.17, 15) is 0 Å². The van der Waals surface area contributed by atoms with Crippen LogP contribution in [0.3, 0.4) is 0 Å². The van der Waals surface area contributed by atoms with Crippen LogP contribution in [-0.4, -0.2) is 0 Å². The van der Waals surface area contributed by atoms with E-state index in [0.29, 0.717) is 0 Å². The smallest absolute Gasteiger partial charge is 0.159 e. The molecule has 0 atom stereocenters. The monoisotopic (exact) mass is 815 g/mol. The molecule has 0 unspecified atom stereocenters. The highest BCUT2D eigenvalue weighted by atomic mass is 16.3. The minimum atomic E-state index is -0.475. The average molecular weight is 816 g/mol. The molecule has 10 aromatic carbocycles. The van der Waals surface area contributed by atoms with E-state index in [4.69, 9.17) is 4.42 Å². The first-order valence-electron chi connectivity index (χ1n) is 22.4. The average Bonchev–Trinajstić information content (AvgIpc) is 4.05. The van der Waals surface area contributed by atoms with Crippen molar-refractivity contribution >= 4 is 49.8 Å². The first-order chi connectivity index (χ1) is 31.5. The zero-order valence-electron chi connectivity index (χ0n) is 35.6. The van der Waals surface area contributed by atoms with Crippen LogP contribution in [0.2, 0.25) is 0 Å². The predicted molar refractivity (Wildman–Crippen MR) is 265 cm³/mol. The molecular formula is C62H41NO. The highest BCUT2D eigenvalue weighted by Gasteiger charge is 2.52. The second kappa shape index (κ2) is 12.8. The van der Waals surface area contributed by atoms with Crippen molar-refractivity contribution in [2.45, 2.75) is 24.7 Å². The van der Waals surface area contributed by atoms with Crippen LogP contribution in [0.5, 0.6) is 0 Å². The van der Waals surface area contributed by atoms with Gasteiger partial charge in [0.15, 0.2) is 5.58 Å². The summed E-state index contributed by atoms with van der Waals surface area (Å²) in [5.41, 5.74) is 22.3. The summed E-state index contributed by atoms with van der Waals surface area (Å²) in [7, 11) is 0. The van der Waals surface area contributed by atoms with Crippen LogP contribution in [0.4, 0.5) is 17.1 Å². The quantitative estimate of drug-likeness (QED) is 0.176. The van der Waals surface area contributed by atoms with E-state index in [-0.39, 0.29) is 5.41 Å². The molecule has 0 fully saturated rings. The Labute approximate surface area is 372 Å². The summed E-state index contributed by atoms with van der Waals surface area (Å²) in [4.78, 5) is 2.51. The van der Waals surface area contributed by atoms with Crippen LogP contribution >= 0.6 is 0 Å². The fourth-order valence-electron chi connectivity index (χ4n) is 12.2. The third-order valence-corrected chi connectivity index (χ3v) is 14.9. The Hall–Kier alpha value is -7.94. The molecule has 3 aliphatic rings. The molecule has 0 radical (unpaired) electrons. The summed E-state index contributed by atoms with van der Waals surface area (Å²) in [6.45, 7) is 4.74. The van der Waals surface area contributed by atoms with E-state index < -0.39 is 5.41 Å². The number of furan rings is 1. The number of fused-ring (bicyclic) bond motifs is 18. The lowest BCUT2D eigenvalue weighted by molar-refractivity contribution is 0.660. The van der Waals surface area contributed by atoms with Gasteiger partial charge in [-0.05, 0) is 108 Å². The lowest BCUT2D eigenvalue weighted by atomic mass is 9.70. The third kappa shape index (κ3) is 4.49. The maximum absolute atomic E-state index is 7.42. The van der Waals surface area contributed by atoms with Gasteiger partial charge < -0.3 is 9.32 Å². The van der Waals surface area contributed by atoms with E-state index in [1.54, 1.807) is 0 Å². The highest BCUT2D eigenvalue weighted by Crippen LogP contribution is 2.65. The molecule has 1 aromatic heterocycles. The van der Waals surface area contributed by atoms with Gasteiger partial charge in [-0.15, -0.1) is 0 Å². The van der Waals surface area contributed by atoms with E-state index in [1.807, 2.05) is 0 Å². The van der Waals surface area contributed by atoms with E-state index in [0.717, 1.165) is 50.1 Å². The van der Waals surface area contributed by atoms with Crippen molar-refractivity contribution in [3.8, 4) is 44.5 Å². The van der Waals surface area contributed by atoms with Crippen molar-refractivity contribution in [2.75, 3.05) is 4.90 Å². The van der Waals surface area contributed by atoms with Gasteiger partial charge in [-0.3, -0.25) is 0 Å². The van der Waals surface area contributed by atoms with E-state index in [1.165, 1.54) is 77.5 Å². The summed E-state index contributed by atoms with van der Waals surface area (Å²) >= 11 is 0. The second-order valence-corrected chi connectivity index (χ2v) is 18.3. The largest absolute Gasteiger partial charge is 0.453 e. The zero-order chi connectivity index (χ0) is 42.3. The van der Waals surface area contributed by atoms with Crippen LogP contribution in [0.25, 0.3) is 77.2 Å². The van der Waals surface area contributed by atoms with Gasteiger partial charge in [0.25, 0.3) is 0 Å². The van der Waals surface area contributed by atoms with Crippen LogP contribution in [-0.2, 0) is 10.8 Å². The first-order valence-corrected chi connectivity index (χ1v) is 22.4. The van der Waals surface area contributed by atoms with Crippen LogP contribution in [0, 0.1) is 0 Å². The summed E-state index contributed by atoms with van der Waals surface area (Å²) < 4.78 is 7.42. The molecule has 0 saturated heterocycles. The number of nitrogens with zero attached hydrogens (tertiary/aromatic N) is 1. The van der Waals surface area contributed by atoms with Crippen LogP contribution < -0.4 is 4.90 Å². The number of anilines is 3. The first kappa shape index (κ1) is 35.6. The van der Waals surface area contributed by atoms with Gasteiger partial charge in [0, 0.05) is 33.0 Å². The molecule has 0 N–H and O–H groups in total. The second-order valence-electron chi connectivity index (χ2n) is 18.3. The van der Waals surface area contributed by atoms with Gasteiger partial charge in [-0.1, -0.05) is 196 Å². The Morgan fingerprint density at radius 2 is 0.922 bits per heavy atom. The van der Waals surface area contributed by atoms with Crippen molar-refractivity contribution in [2.24, 2.45) is 0 Å². The summed E-state index contributed by atoms with van der Waals surface area (Å²) in [6.07, 6.45) is 0. The lowest BCUT2D eigenvalue weighted by Crippen LogP contribution is -2.26. The summed E-state index contributed by atoms with van der Waals surface area (Å²) in [5.74, 6) is 0. The minimum Gasteiger partial charge on any atom is -0.453 e. The Balaban J connectivity index is 1.10. The number of benzene rings is 10. The molecule has 0 amide bonds. The highest BCUT2D eigenvalue weighted by molar-refractivity contribution is 6.24.